The third-order valence-electron chi connectivity index (χ3n) is 1.47. The summed E-state index contributed by atoms with van der Waals surface area (Å²) in [7, 11) is 0. The summed E-state index contributed by atoms with van der Waals surface area (Å²) in [5, 5.41) is 0. The average Bonchev–Trinajstić information content (AvgIpc) is 2.37. The Hall–Kier alpha value is -0.920. The van der Waals surface area contributed by atoms with Crippen molar-refractivity contribution in [1.82, 2.24) is 0 Å². The smallest absolute Gasteiger partial charge is 0.161 e. The maximum Gasteiger partial charge on any atom is 0.161 e. The fraction of sp³-hybridized carbons (Fsp3) is 0.600. The van der Waals surface area contributed by atoms with Crippen molar-refractivity contribution in [2.24, 2.45) is 0 Å². The van der Waals surface area contributed by atoms with E-state index < -0.39 is 11.6 Å². The quantitative estimate of drug-likeness (QED) is 0.522. The van der Waals surface area contributed by atoms with E-state index in [-0.39, 0.29) is 0 Å². The molecule has 0 aliphatic heterocycles. The largest absolute Gasteiger partial charge is 0.203 e. The van der Waals surface area contributed by atoms with E-state index in [2.05, 4.69) is 13.8 Å². The van der Waals surface area contributed by atoms with Gasteiger partial charge in [0, 0.05) is 0 Å². The third-order valence-corrected chi connectivity index (χ3v) is 1.47. The molecule has 0 aromatic heterocycles. The van der Waals surface area contributed by atoms with E-state index in [0.717, 1.165) is 0 Å². The molecule has 0 aliphatic carbocycles. The molecular weight excluding hydrogens is 218 g/mol. The fourth-order valence-corrected chi connectivity index (χ4v) is 0.743. The molecule has 0 saturated carbocycles. The van der Waals surface area contributed by atoms with E-state index in [1.54, 1.807) is 12.1 Å². The Kier molecular flexibility index (Phi) is 19.0. The van der Waals surface area contributed by atoms with Crippen molar-refractivity contribution in [2.45, 2.75) is 61.8 Å². The number of aryl methyl sites for hydroxylation is 2. The molecule has 0 aliphatic rings. The summed E-state index contributed by atoms with van der Waals surface area (Å²) >= 11 is 0. The first-order valence-corrected chi connectivity index (χ1v) is 6.45. The summed E-state index contributed by atoms with van der Waals surface area (Å²) < 4.78 is 25.2. The highest BCUT2D eigenvalue weighted by Gasteiger charge is 2.05. The second-order valence-corrected chi connectivity index (χ2v) is 3.03. The van der Waals surface area contributed by atoms with Crippen molar-refractivity contribution in [1.29, 1.82) is 0 Å². The van der Waals surface area contributed by atoms with E-state index in [0.29, 0.717) is 11.1 Å². The van der Waals surface area contributed by atoms with Crippen LogP contribution in [0, 0.1) is 25.5 Å². The first kappa shape index (κ1) is 21.4. The SMILES string of the molecule is CC.CC.CCC.Cc1ccc(C)c(F)c1F. The number of rotatable bonds is 0. The summed E-state index contributed by atoms with van der Waals surface area (Å²) in [5.74, 6) is -1.47. The highest BCUT2D eigenvalue weighted by atomic mass is 19.2. The summed E-state index contributed by atoms with van der Waals surface area (Å²) in [6.45, 7) is 15.3. The van der Waals surface area contributed by atoms with Crippen LogP contribution in [0.4, 0.5) is 8.78 Å². The molecule has 17 heavy (non-hydrogen) atoms. The zero-order chi connectivity index (χ0) is 14.4. The van der Waals surface area contributed by atoms with Crippen molar-refractivity contribution in [2.75, 3.05) is 0 Å². The molecule has 0 N–H and O–H groups in total. The summed E-state index contributed by atoms with van der Waals surface area (Å²) in [6.07, 6.45) is 1.25. The molecule has 0 unspecified atom stereocenters. The summed E-state index contributed by atoms with van der Waals surface area (Å²) in [6, 6.07) is 3.13. The van der Waals surface area contributed by atoms with Crippen molar-refractivity contribution in [3.05, 3.63) is 34.9 Å². The zero-order valence-electron chi connectivity index (χ0n) is 12.6. The van der Waals surface area contributed by atoms with Gasteiger partial charge in [-0.1, -0.05) is 60.1 Å². The number of benzene rings is 1. The van der Waals surface area contributed by atoms with E-state index >= 15 is 0 Å². The Morgan fingerprint density at radius 3 is 1.12 bits per heavy atom. The minimum atomic E-state index is -0.736. The lowest BCUT2D eigenvalue weighted by atomic mass is 10.1. The van der Waals surface area contributed by atoms with Crippen LogP contribution in [-0.2, 0) is 0 Å². The molecule has 0 saturated heterocycles. The standard InChI is InChI=1S/C8H8F2.C3H8.2C2H6/c1-5-3-4-6(2)8(10)7(5)9;1-3-2;2*1-2/h3-4H,1-2H3;3H2,1-2H3;2*1-2H3. The van der Waals surface area contributed by atoms with Gasteiger partial charge in [0.1, 0.15) is 0 Å². The van der Waals surface area contributed by atoms with Crippen LogP contribution in [0.1, 0.15) is 59.1 Å². The predicted octanol–water partition coefficient (Wildman–Crippen LogP) is 6.05. The topological polar surface area (TPSA) is 0 Å². The molecule has 0 atom stereocenters. The molecule has 1 rings (SSSR count). The Labute approximate surface area is 106 Å². The normalized spacial score (nSPS) is 7.65. The molecule has 102 valence electrons. The Bertz CT molecular complexity index is 241. The number of hydrogen-bond donors (Lipinski definition) is 0. The van der Waals surface area contributed by atoms with Crippen LogP contribution < -0.4 is 0 Å². The van der Waals surface area contributed by atoms with Gasteiger partial charge < -0.3 is 0 Å². The maximum absolute atomic E-state index is 12.6. The van der Waals surface area contributed by atoms with Crippen molar-refractivity contribution >= 4 is 0 Å². The molecule has 0 heterocycles. The van der Waals surface area contributed by atoms with Crippen molar-refractivity contribution < 1.29 is 8.78 Å². The highest BCUT2D eigenvalue weighted by Crippen LogP contribution is 2.13. The zero-order valence-corrected chi connectivity index (χ0v) is 12.6. The van der Waals surface area contributed by atoms with Crippen LogP contribution in [0.15, 0.2) is 12.1 Å². The number of halogens is 2. The lowest BCUT2D eigenvalue weighted by Gasteiger charge is -1.99. The molecule has 1 aromatic carbocycles. The summed E-state index contributed by atoms with van der Waals surface area (Å²) in [4.78, 5) is 0. The van der Waals surface area contributed by atoms with Crippen molar-refractivity contribution in [3.63, 3.8) is 0 Å². The van der Waals surface area contributed by atoms with Gasteiger partial charge in [0.15, 0.2) is 11.6 Å². The maximum atomic E-state index is 12.6. The monoisotopic (exact) mass is 246 g/mol. The second-order valence-electron chi connectivity index (χ2n) is 3.03. The Balaban J connectivity index is -0.000000239. The van der Waals surface area contributed by atoms with Gasteiger partial charge in [-0.25, -0.2) is 8.78 Å². The lowest BCUT2D eigenvalue weighted by Crippen LogP contribution is -1.91. The predicted molar refractivity (Wildman–Crippen MR) is 74.5 cm³/mol. The first-order valence-electron chi connectivity index (χ1n) is 6.45. The third kappa shape index (κ3) is 9.98. The second kappa shape index (κ2) is 15.1. The van der Waals surface area contributed by atoms with Crippen LogP contribution >= 0.6 is 0 Å². The van der Waals surface area contributed by atoms with Crippen LogP contribution in [0.3, 0.4) is 0 Å². The number of hydrogen-bond acceptors (Lipinski definition) is 0. The Morgan fingerprint density at radius 1 is 0.765 bits per heavy atom. The van der Waals surface area contributed by atoms with Gasteiger partial charge >= 0.3 is 0 Å². The van der Waals surface area contributed by atoms with Crippen LogP contribution in [-0.4, -0.2) is 0 Å². The van der Waals surface area contributed by atoms with Gasteiger partial charge in [0.2, 0.25) is 0 Å². The molecule has 2 heteroatoms. The molecule has 0 nitrogen and oxygen atoms in total. The van der Waals surface area contributed by atoms with Gasteiger partial charge in [-0.15, -0.1) is 0 Å². The average molecular weight is 246 g/mol. The lowest BCUT2D eigenvalue weighted by molar-refractivity contribution is 0.497. The minimum absolute atomic E-state index is 0.350. The first-order chi connectivity index (χ1) is 8.04. The minimum Gasteiger partial charge on any atom is -0.203 e. The molecule has 0 amide bonds. The van der Waals surface area contributed by atoms with E-state index in [1.165, 1.54) is 20.3 Å². The van der Waals surface area contributed by atoms with E-state index in [4.69, 9.17) is 0 Å². The molecular formula is C15H28F2. The summed E-state index contributed by atoms with van der Waals surface area (Å²) in [5.41, 5.74) is 0.700. The van der Waals surface area contributed by atoms with Crippen LogP contribution in [0.2, 0.25) is 0 Å². The highest BCUT2D eigenvalue weighted by molar-refractivity contribution is 5.23. The van der Waals surface area contributed by atoms with Gasteiger partial charge in [0.05, 0.1) is 0 Å². The van der Waals surface area contributed by atoms with Gasteiger partial charge in [-0.05, 0) is 25.0 Å². The molecule has 0 spiro atoms. The fourth-order valence-electron chi connectivity index (χ4n) is 0.743. The molecule has 0 radical (unpaired) electrons. The van der Waals surface area contributed by atoms with Gasteiger partial charge in [-0.3, -0.25) is 0 Å². The van der Waals surface area contributed by atoms with E-state index in [1.807, 2.05) is 27.7 Å². The van der Waals surface area contributed by atoms with E-state index in [9.17, 15) is 8.78 Å². The molecule has 1 aromatic rings. The van der Waals surface area contributed by atoms with Crippen LogP contribution in [0.5, 0.6) is 0 Å². The van der Waals surface area contributed by atoms with Gasteiger partial charge in [-0.2, -0.15) is 0 Å². The van der Waals surface area contributed by atoms with Crippen LogP contribution in [0.25, 0.3) is 0 Å². The molecule has 0 bridgehead atoms. The van der Waals surface area contributed by atoms with Gasteiger partial charge in [0.25, 0.3) is 0 Å². The molecule has 0 fully saturated rings. The van der Waals surface area contributed by atoms with Crippen molar-refractivity contribution in [3.8, 4) is 0 Å². The Morgan fingerprint density at radius 2 is 0.941 bits per heavy atom.